The zero-order valence-electron chi connectivity index (χ0n) is 4.91. The molecule has 8 heavy (non-hydrogen) atoms. The smallest absolute Gasteiger partial charge is 0.0473 e. The average Bonchev–Trinajstić information content (AvgIpc) is 1.94. The van der Waals surface area contributed by atoms with Crippen molar-refractivity contribution in [1.29, 1.82) is 0 Å². The van der Waals surface area contributed by atoms with Crippen LogP contribution >= 0.6 is 0 Å². The van der Waals surface area contributed by atoms with E-state index in [2.05, 4.69) is 10.3 Å². The van der Waals surface area contributed by atoms with E-state index >= 15 is 0 Å². The van der Waals surface area contributed by atoms with Gasteiger partial charge in [-0.2, -0.15) is 0 Å². The molecule has 0 spiro atoms. The van der Waals surface area contributed by atoms with Crippen molar-refractivity contribution < 1.29 is 0 Å². The predicted molar refractivity (Wildman–Crippen MR) is 31.2 cm³/mol. The van der Waals surface area contributed by atoms with Gasteiger partial charge in [-0.25, -0.2) is 0 Å². The van der Waals surface area contributed by atoms with Gasteiger partial charge in [-0.3, -0.25) is 5.01 Å². The molecule has 0 aromatic carbocycles. The summed E-state index contributed by atoms with van der Waals surface area (Å²) in [7, 11) is 1.91. The number of nitrogens with zero attached hydrogens (tertiary/aromatic N) is 3. The molecule has 0 fully saturated rings. The summed E-state index contributed by atoms with van der Waals surface area (Å²) in [6.45, 7) is 0.972. The van der Waals surface area contributed by atoms with E-state index in [4.69, 9.17) is 0 Å². The van der Waals surface area contributed by atoms with Gasteiger partial charge in [-0.15, -0.1) is 5.11 Å². The van der Waals surface area contributed by atoms with Crippen molar-refractivity contribution >= 4 is 0 Å². The summed E-state index contributed by atoms with van der Waals surface area (Å²) in [6, 6.07) is 0. The molecule has 0 bridgehead atoms. The summed E-state index contributed by atoms with van der Waals surface area (Å²) in [5.41, 5.74) is 0. The zero-order valence-corrected chi connectivity index (χ0v) is 4.91. The molecule has 0 radical (unpaired) electrons. The normalized spacial score (nSPS) is 18.9. The van der Waals surface area contributed by atoms with E-state index in [1.807, 2.05) is 18.1 Å². The van der Waals surface area contributed by atoms with Crippen LogP contribution in [0.3, 0.4) is 0 Å². The molecule has 0 unspecified atom stereocenters. The van der Waals surface area contributed by atoms with Crippen LogP contribution in [0.15, 0.2) is 22.6 Å². The van der Waals surface area contributed by atoms with E-state index in [-0.39, 0.29) is 0 Å². The Labute approximate surface area is 48.7 Å². The van der Waals surface area contributed by atoms with Crippen LogP contribution in [-0.2, 0) is 0 Å². The van der Waals surface area contributed by atoms with Gasteiger partial charge in [0, 0.05) is 19.8 Å². The minimum absolute atomic E-state index is 0.972. The predicted octanol–water partition coefficient (Wildman–Crippen LogP) is 1.20. The molecule has 1 aliphatic heterocycles. The molecule has 3 heteroatoms. The van der Waals surface area contributed by atoms with E-state index in [1.54, 1.807) is 6.20 Å². The van der Waals surface area contributed by atoms with Gasteiger partial charge < -0.3 is 0 Å². The third-order valence-electron chi connectivity index (χ3n) is 0.996. The largest absolute Gasteiger partial charge is 0.281 e. The molecule has 1 rings (SSSR count). The second-order valence-corrected chi connectivity index (χ2v) is 1.76. The van der Waals surface area contributed by atoms with E-state index in [1.165, 1.54) is 0 Å². The molecule has 1 aliphatic rings. The first-order valence-corrected chi connectivity index (χ1v) is 2.66. The molecule has 0 amide bonds. The molecular formula is C5H9N3. The molecule has 0 saturated heterocycles. The van der Waals surface area contributed by atoms with Crippen LogP contribution in [0.4, 0.5) is 0 Å². The van der Waals surface area contributed by atoms with E-state index in [0.717, 1.165) is 13.0 Å². The Balaban J connectivity index is 2.46. The number of rotatable bonds is 0. The molecule has 0 N–H and O–H groups in total. The Kier molecular flexibility index (Phi) is 1.62. The average molecular weight is 111 g/mol. The molecule has 3 nitrogen and oxygen atoms in total. The van der Waals surface area contributed by atoms with Crippen LogP contribution < -0.4 is 0 Å². The molecule has 0 aromatic heterocycles. The molecule has 0 aliphatic carbocycles. The summed E-state index contributed by atoms with van der Waals surface area (Å²) in [4.78, 5) is 0. The van der Waals surface area contributed by atoms with Crippen LogP contribution in [0.1, 0.15) is 6.42 Å². The lowest BCUT2D eigenvalue weighted by atomic mass is 10.4. The van der Waals surface area contributed by atoms with Crippen molar-refractivity contribution in [2.75, 3.05) is 13.6 Å². The fourth-order valence-electron chi connectivity index (χ4n) is 0.546. The van der Waals surface area contributed by atoms with Gasteiger partial charge >= 0.3 is 0 Å². The fraction of sp³-hybridized carbons (Fsp3) is 0.600. The highest BCUT2D eigenvalue weighted by Crippen LogP contribution is 1.95. The lowest BCUT2D eigenvalue weighted by molar-refractivity contribution is 0.343. The summed E-state index contributed by atoms with van der Waals surface area (Å²) < 4.78 is 0. The van der Waals surface area contributed by atoms with E-state index in [9.17, 15) is 0 Å². The van der Waals surface area contributed by atoms with E-state index in [0.29, 0.717) is 0 Å². The highest BCUT2D eigenvalue weighted by Gasteiger charge is 1.91. The summed E-state index contributed by atoms with van der Waals surface area (Å²) in [5.74, 6) is 0. The minimum atomic E-state index is 0.972. The van der Waals surface area contributed by atoms with Gasteiger partial charge in [-0.05, 0) is 6.42 Å². The highest BCUT2D eigenvalue weighted by molar-refractivity contribution is 4.80. The fourth-order valence-corrected chi connectivity index (χ4v) is 0.546. The maximum atomic E-state index is 3.80. The third kappa shape index (κ3) is 1.33. The Morgan fingerprint density at radius 3 is 3.38 bits per heavy atom. The highest BCUT2D eigenvalue weighted by atomic mass is 15.5. The summed E-state index contributed by atoms with van der Waals surface area (Å²) in [6.07, 6.45) is 4.78. The van der Waals surface area contributed by atoms with Crippen molar-refractivity contribution in [3.8, 4) is 0 Å². The maximum Gasteiger partial charge on any atom is 0.0473 e. The molecule has 0 saturated carbocycles. The molecule has 44 valence electrons. The van der Waals surface area contributed by atoms with Crippen LogP contribution in [0.25, 0.3) is 0 Å². The van der Waals surface area contributed by atoms with Crippen LogP contribution in [0.5, 0.6) is 0 Å². The van der Waals surface area contributed by atoms with Gasteiger partial charge in [0.1, 0.15) is 0 Å². The van der Waals surface area contributed by atoms with Crippen LogP contribution in [0, 0.1) is 0 Å². The first-order valence-electron chi connectivity index (χ1n) is 2.66. The van der Waals surface area contributed by atoms with Crippen molar-refractivity contribution in [2.24, 2.45) is 10.3 Å². The SMILES string of the molecule is CN1CCC=CN=N1. The van der Waals surface area contributed by atoms with Crippen molar-refractivity contribution in [3.63, 3.8) is 0 Å². The van der Waals surface area contributed by atoms with Gasteiger partial charge in [0.2, 0.25) is 0 Å². The van der Waals surface area contributed by atoms with Gasteiger partial charge in [0.05, 0.1) is 0 Å². The summed E-state index contributed by atoms with van der Waals surface area (Å²) >= 11 is 0. The molecule has 0 aromatic rings. The van der Waals surface area contributed by atoms with Crippen LogP contribution in [0.2, 0.25) is 0 Å². The Bertz CT molecular complexity index is 117. The third-order valence-corrected chi connectivity index (χ3v) is 0.996. The molecular weight excluding hydrogens is 102 g/mol. The number of hydrogen-bond acceptors (Lipinski definition) is 3. The van der Waals surface area contributed by atoms with Crippen molar-refractivity contribution in [3.05, 3.63) is 12.3 Å². The minimum Gasteiger partial charge on any atom is -0.281 e. The second kappa shape index (κ2) is 2.45. The quantitative estimate of drug-likeness (QED) is 0.461. The lowest BCUT2D eigenvalue weighted by Gasteiger charge is -2.05. The molecule has 0 atom stereocenters. The van der Waals surface area contributed by atoms with E-state index < -0.39 is 0 Å². The Hall–Kier alpha value is -0.860. The zero-order chi connectivity index (χ0) is 5.82. The second-order valence-electron chi connectivity index (χ2n) is 1.76. The van der Waals surface area contributed by atoms with Gasteiger partial charge in [-0.1, -0.05) is 11.3 Å². The molecule has 1 heterocycles. The lowest BCUT2D eigenvalue weighted by Crippen LogP contribution is -2.09. The van der Waals surface area contributed by atoms with Gasteiger partial charge in [0.15, 0.2) is 0 Å². The maximum absolute atomic E-state index is 3.80. The first kappa shape index (κ1) is 5.28. The standard InChI is InChI=1S/C5H9N3/c1-8-5-3-2-4-6-7-8/h2,4H,3,5H2,1H3. The first-order chi connectivity index (χ1) is 3.89. The van der Waals surface area contributed by atoms with Crippen molar-refractivity contribution in [1.82, 2.24) is 5.01 Å². The van der Waals surface area contributed by atoms with Gasteiger partial charge in [0.25, 0.3) is 0 Å². The Morgan fingerprint density at radius 2 is 2.50 bits per heavy atom. The number of hydrogen-bond donors (Lipinski definition) is 0. The monoisotopic (exact) mass is 111 g/mol. The van der Waals surface area contributed by atoms with Crippen LogP contribution in [-0.4, -0.2) is 18.6 Å². The van der Waals surface area contributed by atoms with Crippen molar-refractivity contribution in [2.45, 2.75) is 6.42 Å². The topological polar surface area (TPSA) is 28.0 Å². The Morgan fingerprint density at radius 1 is 1.62 bits per heavy atom. The summed E-state index contributed by atoms with van der Waals surface area (Å²) in [5, 5.41) is 9.34.